The Morgan fingerprint density at radius 3 is 2.71 bits per heavy atom. The maximum atomic E-state index is 8.97. The van der Waals surface area contributed by atoms with Crippen molar-refractivity contribution in [1.82, 2.24) is 14.5 Å². The number of unbranched alkanes of at least 4 members (excludes halogenated alkanes) is 1. The fourth-order valence-electron chi connectivity index (χ4n) is 3.37. The van der Waals surface area contributed by atoms with Gasteiger partial charge in [0.2, 0.25) is 0 Å². The molecular weight excluding hydrogens is 356 g/mol. The molecule has 2 aromatic heterocycles. The lowest BCUT2D eigenvalue weighted by Gasteiger charge is -2.27. The van der Waals surface area contributed by atoms with Gasteiger partial charge in [-0.05, 0) is 39.7 Å². The number of hydrogen-bond donors (Lipinski definition) is 2. The molecule has 3 aromatic rings. The number of aromatic nitrogens is 3. The Labute approximate surface area is 165 Å². The Bertz CT molecular complexity index is 936. The van der Waals surface area contributed by atoms with Crippen molar-refractivity contribution in [2.75, 3.05) is 25.6 Å². The number of aliphatic hydroxyl groups excluding tert-OH is 1. The molecule has 0 bridgehead atoms. The molecule has 0 aliphatic rings. The first-order chi connectivity index (χ1) is 13.5. The van der Waals surface area contributed by atoms with Crippen molar-refractivity contribution in [2.45, 2.75) is 52.4 Å². The number of rotatable bonds is 10. The second-order valence-electron chi connectivity index (χ2n) is 7.50. The first-order valence-electron chi connectivity index (χ1n) is 9.82. The molecule has 1 aromatic carbocycles. The van der Waals surface area contributed by atoms with Crippen LogP contribution in [0.2, 0.25) is 0 Å². The van der Waals surface area contributed by atoms with Crippen LogP contribution >= 0.6 is 0 Å². The minimum Gasteiger partial charge on any atom is -0.396 e. The fraction of sp³-hybridized carbons (Fsp3) is 0.524. The maximum absolute atomic E-state index is 8.97. The van der Waals surface area contributed by atoms with Crippen molar-refractivity contribution in [3.05, 3.63) is 30.1 Å². The van der Waals surface area contributed by atoms with Gasteiger partial charge < -0.3 is 24.9 Å². The number of imidazole rings is 1. The van der Waals surface area contributed by atoms with Crippen molar-refractivity contribution >= 4 is 27.8 Å². The largest absolute Gasteiger partial charge is 0.396 e. The number of fused-ring (bicyclic) bond motifs is 3. The molecule has 0 aliphatic carbocycles. The van der Waals surface area contributed by atoms with E-state index in [0.717, 1.165) is 35.1 Å². The molecule has 2 heterocycles. The number of aliphatic hydroxyl groups is 1. The number of benzene rings is 1. The summed E-state index contributed by atoms with van der Waals surface area (Å²) < 4.78 is 13.9. The number of nitrogen functional groups attached to an aromatic ring is 1. The molecule has 28 heavy (non-hydrogen) atoms. The maximum Gasteiger partial charge on any atom is 0.152 e. The fourth-order valence-corrected chi connectivity index (χ4v) is 3.37. The summed E-state index contributed by atoms with van der Waals surface area (Å²) in [6.07, 6.45) is 1.57. The van der Waals surface area contributed by atoms with Crippen LogP contribution in [0.15, 0.2) is 24.3 Å². The van der Waals surface area contributed by atoms with Gasteiger partial charge in [-0.25, -0.2) is 9.97 Å². The molecule has 0 fully saturated rings. The summed E-state index contributed by atoms with van der Waals surface area (Å²) in [4.78, 5) is 9.27. The molecule has 0 unspecified atom stereocenters. The second kappa shape index (κ2) is 8.86. The van der Waals surface area contributed by atoms with Gasteiger partial charge in [0.15, 0.2) is 5.82 Å². The SMILES string of the molecule is CCOCc1nc2c(N)nc3ccccc3c2n1CC(C)(C)OCCCCO. The molecule has 0 radical (unpaired) electrons. The Hall–Kier alpha value is -2.22. The predicted molar refractivity (Wildman–Crippen MR) is 111 cm³/mol. The number of pyridine rings is 1. The lowest BCUT2D eigenvalue weighted by Crippen LogP contribution is -2.32. The first kappa shape index (κ1) is 20.5. The third-order valence-corrected chi connectivity index (χ3v) is 4.71. The van der Waals surface area contributed by atoms with Gasteiger partial charge in [-0.1, -0.05) is 18.2 Å². The monoisotopic (exact) mass is 386 g/mol. The van der Waals surface area contributed by atoms with Crippen molar-refractivity contribution < 1.29 is 14.6 Å². The molecule has 0 saturated carbocycles. The van der Waals surface area contributed by atoms with Crippen LogP contribution in [0.25, 0.3) is 21.9 Å². The number of para-hydroxylation sites is 1. The summed E-state index contributed by atoms with van der Waals surface area (Å²) >= 11 is 0. The molecule has 0 spiro atoms. The van der Waals surface area contributed by atoms with E-state index in [0.29, 0.717) is 37.7 Å². The van der Waals surface area contributed by atoms with Crippen LogP contribution in [0, 0.1) is 0 Å². The van der Waals surface area contributed by atoms with Gasteiger partial charge in [0, 0.05) is 25.2 Å². The lowest BCUT2D eigenvalue weighted by molar-refractivity contribution is -0.0323. The van der Waals surface area contributed by atoms with Crippen molar-refractivity contribution in [3.63, 3.8) is 0 Å². The molecule has 3 rings (SSSR count). The summed E-state index contributed by atoms with van der Waals surface area (Å²) in [5.74, 6) is 1.24. The third kappa shape index (κ3) is 4.43. The molecule has 0 saturated heterocycles. The van der Waals surface area contributed by atoms with Crippen LogP contribution < -0.4 is 5.73 Å². The molecule has 7 heteroatoms. The van der Waals surface area contributed by atoms with Gasteiger partial charge in [0.1, 0.15) is 17.9 Å². The van der Waals surface area contributed by atoms with Crippen LogP contribution in [-0.4, -0.2) is 45.1 Å². The quantitative estimate of drug-likeness (QED) is 0.519. The van der Waals surface area contributed by atoms with E-state index in [1.54, 1.807) is 0 Å². The van der Waals surface area contributed by atoms with E-state index in [4.69, 9.17) is 25.3 Å². The van der Waals surface area contributed by atoms with Gasteiger partial charge in [-0.15, -0.1) is 0 Å². The van der Waals surface area contributed by atoms with Crippen molar-refractivity contribution in [3.8, 4) is 0 Å². The highest BCUT2D eigenvalue weighted by Gasteiger charge is 2.25. The lowest BCUT2D eigenvalue weighted by atomic mass is 10.1. The Balaban J connectivity index is 2.05. The minimum atomic E-state index is -0.414. The van der Waals surface area contributed by atoms with E-state index in [1.165, 1.54) is 0 Å². The van der Waals surface area contributed by atoms with Crippen molar-refractivity contribution in [2.24, 2.45) is 0 Å². The van der Waals surface area contributed by atoms with E-state index in [2.05, 4.69) is 23.4 Å². The summed E-state index contributed by atoms with van der Waals surface area (Å²) in [7, 11) is 0. The number of nitrogens with zero attached hydrogens (tertiary/aromatic N) is 3. The first-order valence-corrected chi connectivity index (χ1v) is 9.82. The van der Waals surface area contributed by atoms with Crippen LogP contribution in [0.3, 0.4) is 0 Å². The van der Waals surface area contributed by atoms with Gasteiger partial charge >= 0.3 is 0 Å². The summed E-state index contributed by atoms with van der Waals surface area (Å²) in [5, 5.41) is 9.98. The standard InChI is InChI=1S/C21H30N4O3/c1-4-27-13-17-24-18-19(15-9-5-6-10-16(15)23-20(18)22)25(17)14-21(2,3)28-12-8-7-11-26/h5-6,9-10,26H,4,7-8,11-14H2,1-3H3,(H2,22,23). The van der Waals surface area contributed by atoms with Crippen LogP contribution in [0.4, 0.5) is 5.82 Å². The van der Waals surface area contributed by atoms with Crippen molar-refractivity contribution in [1.29, 1.82) is 0 Å². The van der Waals surface area contributed by atoms with E-state index in [9.17, 15) is 0 Å². The normalized spacial score (nSPS) is 12.3. The Morgan fingerprint density at radius 2 is 1.96 bits per heavy atom. The average molecular weight is 386 g/mol. The summed E-state index contributed by atoms with van der Waals surface area (Å²) in [5.41, 5.74) is 8.32. The molecule has 7 nitrogen and oxygen atoms in total. The summed E-state index contributed by atoms with van der Waals surface area (Å²) in [6.45, 7) is 8.51. The number of ether oxygens (including phenoxy) is 2. The van der Waals surface area contributed by atoms with Gasteiger partial charge in [-0.2, -0.15) is 0 Å². The highest BCUT2D eigenvalue weighted by Crippen LogP contribution is 2.30. The zero-order valence-electron chi connectivity index (χ0n) is 16.9. The Morgan fingerprint density at radius 1 is 1.18 bits per heavy atom. The zero-order chi connectivity index (χ0) is 20.1. The second-order valence-corrected chi connectivity index (χ2v) is 7.50. The topological polar surface area (TPSA) is 95.4 Å². The number of hydrogen-bond acceptors (Lipinski definition) is 6. The predicted octanol–water partition coefficient (Wildman–Crippen LogP) is 3.27. The van der Waals surface area contributed by atoms with E-state index >= 15 is 0 Å². The molecule has 3 N–H and O–H groups in total. The molecule has 0 atom stereocenters. The highest BCUT2D eigenvalue weighted by molar-refractivity contribution is 6.06. The number of anilines is 1. The third-order valence-electron chi connectivity index (χ3n) is 4.71. The van der Waals surface area contributed by atoms with Gasteiger partial charge in [0.25, 0.3) is 0 Å². The molecule has 0 aliphatic heterocycles. The van der Waals surface area contributed by atoms with E-state index in [1.807, 2.05) is 31.2 Å². The van der Waals surface area contributed by atoms with E-state index in [-0.39, 0.29) is 6.61 Å². The number of nitrogens with two attached hydrogens (primary N) is 1. The molecule has 152 valence electrons. The molecular formula is C21H30N4O3. The van der Waals surface area contributed by atoms with Crippen LogP contribution in [0.1, 0.15) is 39.4 Å². The molecule has 0 amide bonds. The summed E-state index contributed by atoms with van der Waals surface area (Å²) in [6, 6.07) is 7.95. The zero-order valence-corrected chi connectivity index (χ0v) is 16.9. The minimum absolute atomic E-state index is 0.187. The van der Waals surface area contributed by atoms with Gasteiger partial charge in [-0.3, -0.25) is 0 Å². The highest BCUT2D eigenvalue weighted by atomic mass is 16.5. The van der Waals surface area contributed by atoms with E-state index < -0.39 is 5.60 Å². The smallest absolute Gasteiger partial charge is 0.152 e. The van der Waals surface area contributed by atoms with Crippen LogP contribution in [-0.2, 0) is 22.6 Å². The van der Waals surface area contributed by atoms with Gasteiger partial charge in [0.05, 0.1) is 23.2 Å². The van der Waals surface area contributed by atoms with Crippen LogP contribution in [0.5, 0.6) is 0 Å². The Kier molecular flexibility index (Phi) is 6.49. The average Bonchev–Trinajstić information content (AvgIpc) is 3.02.